The van der Waals surface area contributed by atoms with E-state index in [9.17, 15) is 4.79 Å². The largest absolute Gasteiger partial charge is 0.339 e. The molecule has 31 heavy (non-hydrogen) atoms. The summed E-state index contributed by atoms with van der Waals surface area (Å²) in [5.41, 5.74) is 2.41. The first kappa shape index (κ1) is 20.0. The first-order valence-corrected chi connectivity index (χ1v) is 11.8. The van der Waals surface area contributed by atoms with Crippen LogP contribution in [0.5, 0.6) is 0 Å². The molecular weight excluding hydrogens is 430 g/mol. The molecule has 1 aliphatic heterocycles. The number of hydrogen-bond donors (Lipinski definition) is 1. The predicted molar refractivity (Wildman–Crippen MR) is 121 cm³/mol. The second-order valence-corrected chi connectivity index (χ2v) is 9.40. The van der Waals surface area contributed by atoms with Crippen LogP contribution < -0.4 is 5.32 Å². The SMILES string of the molecule is O=C(CCc1nc(-c2cccs2)no1)Nc1nc2c(s1)CN(Cc1ccccc1)CC2. The van der Waals surface area contributed by atoms with Crippen LogP contribution in [0.25, 0.3) is 10.7 Å². The fourth-order valence-electron chi connectivity index (χ4n) is 3.54. The van der Waals surface area contributed by atoms with Gasteiger partial charge in [-0.3, -0.25) is 9.69 Å². The number of thiophene rings is 1. The maximum atomic E-state index is 12.4. The maximum absolute atomic E-state index is 12.4. The first-order chi connectivity index (χ1) is 15.2. The van der Waals surface area contributed by atoms with E-state index in [1.807, 2.05) is 23.6 Å². The van der Waals surface area contributed by atoms with Crippen LogP contribution in [-0.2, 0) is 30.7 Å². The molecule has 9 heteroatoms. The normalized spacial score (nSPS) is 13.8. The molecule has 1 aliphatic rings. The van der Waals surface area contributed by atoms with Crippen molar-refractivity contribution in [3.05, 3.63) is 69.9 Å². The van der Waals surface area contributed by atoms with Crippen molar-refractivity contribution in [3.8, 4) is 10.7 Å². The van der Waals surface area contributed by atoms with Crippen LogP contribution in [0.2, 0.25) is 0 Å². The highest BCUT2D eigenvalue weighted by atomic mass is 32.1. The fourth-order valence-corrected chi connectivity index (χ4v) is 5.26. The number of thiazole rings is 1. The summed E-state index contributed by atoms with van der Waals surface area (Å²) >= 11 is 3.12. The van der Waals surface area contributed by atoms with Crippen molar-refractivity contribution in [2.24, 2.45) is 0 Å². The molecule has 0 unspecified atom stereocenters. The monoisotopic (exact) mass is 451 g/mol. The van der Waals surface area contributed by atoms with Gasteiger partial charge in [-0.2, -0.15) is 4.98 Å². The van der Waals surface area contributed by atoms with Gasteiger partial charge in [0.2, 0.25) is 17.6 Å². The van der Waals surface area contributed by atoms with Crippen molar-refractivity contribution in [2.75, 3.05) is 11.9 Å². The number of rotatable bonds is 7. The predicted octanol–water partition coefficient (Wildman–Crippen LogP) is 4.38. The molecule has 7 nitrogen and oxygen atoms in total. The number of hydrogen-bond acceptors (Lipinski definition) is 8. The molecule has 0 fully saturated rings. The maximum Gasteiger partial charge on any atom is 0.227 e. The van der Waals surface area contributed by atoms with Crippen LogP contribution in [0.3, 0.4) is 0 Å². The third-order valence-corrected chi connectivity index (χ3v) is 6.94. The summed E-state index contributed by atoms with van der Waals surface area (Å²) in [5.74, 6) is 0.940. The summed E-state index contributed by atoms with van der Waals surface area (Å²) in [7, 11) is 0. The summed E-state index contributed by atoms with van der Waals surface area (Å²) in [4.78, 5) is 26.0. The van der Waals surface area contributed by atoms with Crippen LogP contribution >= 0.6 is 22.7 Å². The Morgan fingerprint density at radius 2 is 2.06 bits per heavy atom. The van der Waals surface area contributed by atoms with E-state index in [0.29, 0.717) is 23.3 Å². The van der Waals surface area contributed by atoms with Gasteiger partial charge in [0.25, 0.3) is 0 Å². The number of aromatic nitrogens is 3. The highest BCUT2D eigenvalue weighted by Crippen LogP contribution is 2.29. The Balaban J connectivity index is 1.14. The molecule has 1 aromatic carbocycles. The molecule has 0 spiro atoms. The third kappa shape index (κ3) is 4.90. The highest BCUT2D eigenvalue weighted by molar-refractivity contribution is 7.15. The Hall–Kier alpha value is -2.88. The summed E-state index contributed by atoms with van der Waals surface area (Å²) in [6.45, 7) is 2.77. The van der Waals surface area contributed by atoms with Crippen molar-refractivity contribution in [3.63, 3.8) is 0 Å². The lowest BCUT2D eigenvalue weighted by Gasteiger charge is -2.25. The molecule has 0 aliphatic carbocycles. The van der Waals surface area contributed by atoms with Crippen molar-refractivity contribution >= 4 is 33.7 Å². The summed E-state index contributed by atoms with van der Waals surface area (Å²) in [6.07, 6.45) is 1.58. The molecule has 0 bridgehead atoms. The van der Waals surface area contributed by atoms with Gasteiger partial charge >= 0.3 is 0 Å². The summed E-state index contributed by atoms with van der Waals surface area (Å²) in [5, 5.41) is 9.54. The van der Waals surface area contributed by atoms with E-state index in [1.54, 1.807) is 22.7 Å². The number of nitrogens with one attached hydrogen (secondary N) is 1. The van der Waals surface area contributed by atoms with Gasteiger partial charge in [0.1, 0.15) is 0 Å². The van der Waals surface area contributed by atoms with Crippen LogP contribution in [0.15, 0.2) is 52.4 Å². The molecule has 5 rings (SSSR count). The molecule has 0 atom stereocenters. The quantitative estimate of drug-likeness (QED) is 0.449. The van der Waals surface area contributed by atoms with Crippen LogP contribution in [0.1, 0.15) is 28.4 Å². The Kier molecular flexibility index (Phi) is 5.88. The zero-order valence-electron chi connectivity index (χ0n) is 16.8. The Labute approximate surface area is 187 Å². The number of fused-ring (bicyclic) bond motifs is 1. The molecule has 158 valence electrons. The minimum Gasteiger partial charge on any atom is -0.339 e. The van der Waals surface area contributed by atoms with Crippen molar-refractivity contribution in [1.82, 2.24) is 20.0 Å². The van der Waals surface area contributed by atoms with Gasteiger partial charge < -0.3 is 9.84 Å². The Morgan fingerprint density at radius 3 is 2.90 bits per heavy atom. The number of anilines is 1. The molecule has 0 saturated carbocycles. The third-order valence-electron chi connectivity index (χ3n) is 5.08. The number of carbonyl (C=O) groups is 1. The van der Waals surface area contributed by atoms with Crippen molar-refractivity contribution in [2.45, 2.75) is 32.4 Å². The summed E-state index contributed by atoms with van der Waals surface area (Å²) in [6, 6.07) is 14.4. The number of benzene rings is 1. The van der Waals surface area contributed by atoms with E-state index < -0.39 is 0 Å². The van der Waals surface area contributed by atoms with Gasteiger partial charge in [0.15, 0.2) is 5.13 Å². The van der Waals surface area contributed by atoms with Gasteiger partial charge in [-0.15, -0.1) is 22.7 Å². The number of carbonyl (C=O) groups excluding carboxylic acids is 1. The van der Waals surface area contributed by atoms with E-state index in [4.69, 9.17) is 4.52 Å². The van der Waals surface area contributed by atoms with E-state index in [-0.39, 0.29) is 12.3 Å². The highest BCUT2D eigenvalue weighted by Gasteiger charge is 2.21. The van der Waals surface area contributed by atoms with Crippen molar-refractivity contribution < 1.29 is 9.32 Å². The average molecular weight is 452 g/mol. The van der Waals surface area contributed by atoms with Crippen molar-refractivity contribution in [1.29, 1.82) is 0 Å². The van der Waals surface area contributed by atoms with E-state index in [2.05, 4.69) is 49.6 Å². The lowest BCUT2D eigenvalue weighted by Crippen LogP contribution is -2.29. The Bertz CT molecular complexity index is 1150. The van der Waals surface area contributed by atoms with Gasteiger partial charge in [-0.25, -0.2) is 4.98 Å². The molecular formula is C22H21N5O2S2. The minimum absolute atomic E-state index is 0.0943. The van der Waals surface area contributed by atoms with E-state index in [0.717, 1.165) is 36.6 Å². The smallest absolute Gasteiger partial charge is 0.227 e. The molecule has 4 aromatic rings. The lowest BCUT2D eigenvalue weighted by atomic mass is 10.1. The molecule has 0 radical (unpaired) electrons. The van der Waals surface area contributed by atoms with E-state index in [1.165, 1.54) is 10.4 Å². The number of aryl methyl sites for hydroxylation is 1. The molecule has 1 amide bonds. The second-order valence-electron chi connectivity index (χ2n) is 7.37. The van der Waals surface area contributed by atoms with Crippen LogP contribution in [-0.4, -0.2) is 32.5 Å². The van der Waals surface area contributed by atoms with Gasteiger partial charge in [0.05, 0.1) is 10.6 Å². The topological polar surface area (TPSA) is 84.1 Å². The van der Waals surface area contributed by atoms with E-state index >= 15 is 0 Å². The average Bonchev–Trinajstić information content (AvgIpc) is 3.53. The zero-order chi connectivity index (χ0) is 21.0. The standard InChI is InChI=1S/C22H21N5O2S2/c28-19(8-9-20-25-21(26-29-20)17-7-4-12-30-17)24-22-23-16-10-11-27(14-18(16)31-22)13-15-5-2-1-3-6-15/h1-7,12H,8-11,13-14H2,(H,23,24,28). The van der Waals surface area contributed by atoms with Crippen LogP contribution in [0, 0.1) is 0 Å². The van der Waals surface area contributed by atoms with Gasteiger partial charge in [0, 0.05) is 43.8 Å². The summed E-state index contributed by atoms with van der Waals surface area (Å²) < 4.78 is 5.26. The Morgan fingerprint density at radius 1 is 1.16 bits per heavy atom. The minimum atomic E-state index is -0.0943. The molecule has 4 heterocycles. The zero-order valence-corrected chi connectivity index (χ0v) is 18.4. The number of amides is 1. The number of nitrogens with zero attached hydrogens (tertiary/aromatic N) is 4. The molecule has 3 aromatic heterocycles. The fraction of sp³-hybridized carbons (Fsp3) is 0.273. The molecule has 0 saturated heterocycles. The molecule has 1 N–H and O–H groups in total. The second kappa shape index (κ2) is 9.09. The van der Waals surface area contributed by atoms with Gasteiger partial charge in [-0.1, -0.05) is 41.6 Å². The van der Waals surface area contributed by atoms with Crippen LogP contribution in [0.4, 0.5) is 5.13 Å². The first-order valence-electron chi connectivity index (χ1n) is 10.1. The van der Waals surface area contributed by atoms with Gasteiger partial charge in [-0.05, 0) is 17.0 Å². The lowest BCUT2D eigenvalue weighted by molar-refractivity contribution is -0.116.